The van der Waals surface area contributed by atoms with E-state index < -0.39 is 0 Å². The van der Waals surface area contributed by atoms with Crippen molar-refractivity contribution in [2.75, 3.05) is 13.1 Å². The lowest BCUT2D eigenvalue weighted by atomic mass is 9.77. The third-order valence-corrected chi connectivity index (χ3v) is 3.22. The van der Waals surface area contributed by atoms with Crippen LogP contribution in [0.5, 0.6) is 0 Å². The lowest BCUT2D eigenvalue weighted by molar-refractivity contribution is -0.129. The van der Waals surface area contributed by atoms with Gasteiger partial charge in [0.1, 0.15) is 5.78 Å². The van der Waals surface area contributed by atoms with Gasteiger partial charge in [0.15, 0.2) is 0 Å². The summed E-state index contributed by atoms with van der Waals surface area (Å²) in [7, 11) is 0. The molecule has 1 atom stereocenters. The Kier molecular flexibility index (Phi) is 4.11. The van der Waals surface area contributed by atoms with Crippen molar-refractivity contribution in [1.82, 2.24) is 5.32 Å². The van der Waals surface area contributed by atoms with Gasteiger partial charge in [-0.25, -0.2) is 0 Å². The van der Waals surface area contributed by atoms with Crippen LogP contribution in [0, 0.1) is 11.3 Å². The van der Waals surface area contributed by atoms with Gasteiger partial charge in [-0.05, 0) is 31.7 Å². The maximum absolute atomic E-state index is 12.0. The molecule has 2 heteroatoms. The maximum Gasteiger partial charge on any atom is 0.140 e. The van der Waals surface area contributed by atoms with Gasteiger partial charge < -0.3 is 5.32 Å². The van der Waals surface area contributed by atoms with Crippen molar-refractivity contribution >= 4 is 5.78 Å². The first-order valence-electron chi connectivity index (χ1n) is 5.78. The van der Waals surface area contributed by atoms with Crippen LogP contribution in [0.3, 0.4) is 0 Å². The summed E-state index contributed by atoms with van der Waals surface area (Å²) in [5.74, 6) is 1.09. The molecule has 0 radical (unpaired) electrons. The summed E-state index contributed by atoms with van der Waals surface area (Å²) in [6.07, 6.45) is 4.01. The molecule has 1 N–H and O–H groups in total. The molecule has 2 nitrogen and oxygen atoms in total. The minimum Gasteiger partial charge on any atom is -0.316 e. The van der Waals surface area contributed by atoms with E-state index >= 15 is 0 Å². The molecule has 0 amide bonds. The summed E-state index contributed by atoms with van der Waals surface area (Å²) in [6, 6.07) is 0. The Bertz CT molecular complexity index is 192. The van der Waals surface area contributed by atoms with Crippen molar-refractivity contribution in [2.45, 2.75) is 46.5 Å². The molecule has 0 aromatic rings. The highest BCUT2D eigenvalue weighted by Crippen LogP contribution is 2.28. The van der Waals surface area contributed by atoms with Gasteiger partial charge in [-0.1, -0.05) is 20.8 Å². The Morgan fingerprint density at radius 3 is 2.71 bits per heavy atom. The smallest absolute Gasteiger partial charge is 0.140 e. The summed E-state index contributed by atoms with van der Waals surface area (Å²) < 4.78 is 0. The predicted molar refractivity (Wildman–Crippen MR) is 59.3 cm³/mol. The first kappa shape index (κ1) is 11.7. The van der Waals surface area contributed by atoms with E-state index in [1.807, 2.05) is 0 Å². The Balaban J connectivity index is 2.41. The minimum absolute atomic E-state index is 0.0762. The van der Waals surface area contributed by atoms with Crippen LogP contribution >= 0.6 is 0 Å². The van der Waals surface area contributed by atoms with Crippen molar-refractivity contribution < 1.29 is 4.79 Å². The van der Waals surface area contributed by atoms with Crippen molar-refractivity contribution in [1.29, 1.82) is 0 Å². The molecule has 1 heterocycles. The summed E-state index contributed by atoms with van der Waals surface area (Å²) in [4.78, 5) is 12.0. The van der Waals surface area contributed by atoms with Gasteiger partial charge in [-0.2, -0.15) is 0 Å². The van der Waals surface area contributed by atoms with Gasteiger partial charge >= 0.3 is 0 Å². The Labute approximate surface area is 87.5 Å². The number of carbonyl (C=O) groups is 1. The maximum atomic E-state index is 12.0. The summed E-state index contributed by atoms with van der Waals surface area (Å²) in [5, 5.41) is 3.32. The molecule has 1 rings (SSSR count). The van der Waals surface area contributed by atoms with Crippen LogP contribution in [-0.2, 0) is 4.79 Å². The molecule has 1 saturated heterocycles. The summed E-state index contributed by atoms with van der Waals surface area (Å²) >= 11 is 0. The Hall–Kier alpha value is -0.370. The van der Waals surface area contributed by atoms with Crippen LogP contribution in [-0.4, -0.2) is 18.9 Å². The zero-order valence-electron chi connectivity index (χ0n) is 9.73. The third kappa shape index (κ3) is 3.09. The zero-order valence-corrected chi connectivity index (χ0v) is 9.73. The molecule has 0 aromatic carbocycles. The lowest BCUT2D eigenvalue weighted by Crippen LogP contribution is -2.43. The van der Waals surface area contributed by atoms with Gasteiger partial charge in [0.25, 0.3) is 0 Å². The van der Waals surface area contributed by atoms with E-state index in [0.717, 1.165) is 38.8 Å². The fourth-order valence-electron chi connectivity index (χ4n) is 2.02. The second kappa shape index (κ2) is 4.92. The predicted octanol–water partition coefficient (Wildman–Crippen LogP) is 2.38. The lowest BCUT2D eigenvalue weighted by Gasteiger charge is -2.32. The van der Waals surface area contributed by atoms with Crippen molar-refractivity contribution in [3.8, 4) is 0 Å². The van der Waals surface area contributed by atoms with E-state index in [1.165, 1.54) is 0 Å². The molecular weight excluding hydrogens is 174 g/mol. The van der Waals surface area contributed by atoms with Gasteiger partial charge in [0, 0.05) is 18.4 Å². The molecule has 1 fully saturated rings. The van der Waals surface area contributed by atoms with Crippen LogP contribution in [0.4, 0.5) is 0 Å². The van der Waals surface area contributed by atoms with Crippen LogP contribution in [0.25, 0.3) is 0 Å². The zero-order chi connectivity index (χ0) is 10.6. The fraction of sp³-hybridized carbons (Fsp3) is 0.917. The number of hydrogen-bond donors (Lipinski definition) is 1. The second-order valence-corrected chi connectivity index (χ2v) is 5.20. The van der Waals surface area contributed by atoms with E-state index in [4.69, 9.17) is 0 Å². The molecule has 14 heavy (non-hydrogen) atoms. The molecule has 0 aromatic heterocycles. The van der Waals surface area contributed by atoms with E-state index in [-0.39, 0.29) is 5.41 Å². The number of hydrogen-bond acceptors (Lipinski definition) is 2. The number of rotatable bonds is 4. The van der Waals surface area contributed by atoms with Crippen LogP contribution < -0.4 is 5.32 Å². The Morgan fingerprint density at radius 2 is 2.21 bits per heavy atom. The van der Waals surface area contributed by atoms with Crippen molar-refractivity contribution in [3.05, 3.63) is 0 Å². The van der Waals surface area contributed by atoms with Crippen LogP contribution in [0.15, 0.2) is 0 Å². The standard InChI is InChI=1S/C12H23NO/c1-10(2)5-6-11(14)12(3)7-4-8-13-9-12/h10,13H,4-9H2,1-3H3. The Morgan fingerprint density at radius 1 is 1.50 bits per heavy atom. The first-order valence-corrected chi connectivity index (χ1v) is 5.78. The molecular formula is C12H23NO. The average molecular weight is 197 g/mol. The summed E-state index contributed by atoms with van der Waals surface area (Å²) in [5.41, 5.74) is -0.0762. The van der Waals surface area contributed by atoms with E-state index in [2.05, 4.69) is 26.1 Å². The average Bonchev–Trinajstić information content (AvgIpc) is 2.15. The minimum atomic E-state index is -0.0762. The number of nitrogens with one attached hydrogen (secondary N) is 1. The normalized spacial score (nSPS) is 28.0. The van der Waals surface area contributed by atoms with E-state index in [0.29, 0.717) is 11.7 Å². The number of piperidine rings is 1. The van der Waals surface area contributed by atoms with E-state index in [1.54, 1.807) is 0 Å². The molecule has 82 valence electrons. The molecule has 1 aliphatic rings. The fourth-order valence-corrected chi connectivity index (χ4v) is 2.02. The number of Topliss-reactive ketones (excluding diaryl/α,β-unsaturated/α-hetero) is 1. The molecule has 1 unspecified atom stereocenters. The number of ketones is 1. The van der Waals surface area contributed by atoms with Crippen molar-refractivity contribution in [3.63, 3.8) is 0 Å². The molecule has 0 bridgehead atoms. The summed E-state index contributed by atoms with van der Waals surface area (Å²) in [6.45, 7) is 8.42. The van der Waals surface area contributed by atoms with Gasteiger partial charge in [-0.3, -0.25) is 4.79 Å². The van der Waals surface area contributed by atoms with Gasteiger partial charge in [0.2, 0.25) is 0 Å². The highest BCUT2D eigenvalue weighted by atomic mass is 16.1. The molecule has 1 aliphatic heterocycles. The number of carbonyl (C=O) groups excluding carboxylic acids is 1. The molecule has 0 aliphatic carbocycles. The topological polar surface area (TPSA) is 29.1 Å². The van der Waals surface area contributed by atoms with Gasteiger partial charge in [-0.15, -0.1) is 0 Å². The highest BCUT2D eigenvalue weighted by Gasteiger charge is 2.33. The molecule has 0 saturated carbocycles. The SMILES string of the molecule is CC(C)CCC(=O)C1(C)CCCNC1. The third-order valence-electron chi connectivity index (χ3n) is 3.22. The van der Waals surface area contributed by atoms with E-state index in [9.17, 15) is 4.79 Å². The monoisotopic (exact) mass is 197 g/mol. The largest absolute Gasteiger partial charge is 0.316 e. The van der Waals surface area contributed by atoms with Crippen LogP contribution in [0.1, 0.15) is 46.5 Å². The quantitative estimate of drug-likeness (QED) is 0.749. The second-order valence-electron chi connectivity index (χ2n) is 5.20. The highest BCUT2D eigenvalue weighted by molar-refractivity contribution is 5.84. The van der Waals surface area contributed by atoms with Crippen LogP contribution in [0.2, 0.25) is 0 Å². The van der Waals surface area contributed by atoms with Crippen molar-refractivity contribution in [2.24, 2.45) is 11.3 Å². The molecule has 0 spiro atoms. The van der Waals surface area contributed by atoms with Gasteiger partial charge in [0.05, 0.1) is 0 Å². The first-order chi connectivity index (χ1) is 6.54.